The van der Waals surface area contributed by atoms with Crippen molar-refractivity contribution in [2.45, 2.75) is 51.9 Å². The molecule has 0 aliphatic heterocycles. The Balaban J connectivity index is 1.61. The second-order valence-electron chi connectivity index (χ2n) is 9.23. The molecule has 1 aliphatic rings. The van der Waals surface area contributed by atoms with E-state index in [2.05, 4.69) is 0 Å². The topological polar surface area (TPSA) is 111 Å². The summed E-state index contributed by atoms with van der Waals surface area (Å²) in [5.74, 6) is 0.656. The molecule has 7 nitrogen and oxygen atoms in total. The van der Waals surface area contributed by atoms with E-state index < -0.39 is 5.41 Å². The molecule has 0 atom stereocenters. The molecular formula is C27H32N4O3. The summed E-state index contributed by atoms with van der Waals surface area (Å²) in [6.07, 6.45) is 5.18. The van der Waals surface area contributed by atoms with Gasteiger partial charge in [-0.1, -0.05) is 43.5 Å². The fourth-order valence-electron chi connectivity index (χ4n) is 5.04. The first-order chi connectivity index (χ1) is 16.3. The number of aromatic nitrogens is 2. The lowest BCUT2D eigenvalue weighted by molar-refractivity contribution is -0.145. The van der Waals surface area contributed by atoms with Crippen LogP contribution in [0.2, 0.25) is 0 Å². The molecule has 0 amide bonds. The van der Waals surface area contributed by atoms with Crippen molar-refractivity contribution in [2.24, 2.45) is 18.2 Å². The minimum absolute atomic E-state index is 0.0224. The Morgan fingerprint density at radius 2 is 1.76 bits per heavy atom. The highest BCUT2D eigenvalue weighted by Gasteiger charge is 2.42. The molecule has 3 aromatic rings. The van der Waals surface area contributed by atoms with Crippen LogP contribution in [0.4, 0.5) is 0 Å². The quantitative estimate of drug-likeness (QED) is 0.222. The van der Waals surface area contributed by atoms with Gasteiger partial charge in [0.25, 0.3) is 0 Å². The van der Waals surface area contributed by atoms with Gasteiger partial charge in [0.1, 0.15) is 11.7 Å². The molecule has 0 spiro atoms. The van der Waals surface area contributed by atoms with Gasteiger partial charge in [-0.3, -0.25) is 15.0 Å². The number of ketones is 1. The van der Waals surface area contributed by atoms with Crippen LogP contribution in [0, 0.1) is 10.8 Å². The molecule has 0 unspecified atom stereocenters. The molecule has 0 radical (unpaired) electrons. The SMILES string of the molecule is CCOC(=O)CC1(C(=O)c2ccc3c(c2)nc(Cc2ccc(C(=N)N)cc2)n3C)CCCCC1. The van der Waals surface area contributed by atoms with Gasteiger partial charge in [0.15, 0.2) is 5.78 Å². The van der Waals surface area contributed by atoms with Crippen molar-refractivity contribution < 1.29 is 14.3 Å². The summed E-state index contributed by atoms with van der Waals surface area (Å²) < 4.78 is 7.24. The number of nitrogens with zero attached hydrogens (tertiary/aromatic N) is 2. The van der Waals surface area contributed by atoms with Gasteiger partial charge >= 0.3 is 5.97 Å². The third kappa shape index (κ3) is 4.74. The van der Waals surface area contributed by atoms with Crippen LogP contribution in [0.15, 0.2) is 42.5 Å². The highest BCUT2D eigenvalue weighted by Crippen LogP contribution is 2.42. The van der Waals surface area contributed by atoms with Crippen molar-refractivity contribution in [1.29, 1.82) is 5.41 Å². The number of carbonyl (C=O) groups excluding carboxylic acids is 2. The van der Waals surface area contributed by atoms with Crippen LogP contribution in [0.3, 0.4) is 0 Å². The molecule has 7 heteroatoms. The van der Waals surface area contributed by atoms with E-state index >= 15 is 0 Å². The number of Topliss-reactive ketones (excluding diaryl/α,β-unsaturated/α-hetero) is 1. The molecule has 1 fully saturated rings. The number of fused-ring (bicyclic) bond motifs is 1. The first-order valence-electron chi connectivity index (χ1n) is 11.9. The van der Waals surface area contributed by atoms with Crippen LogP contribution in [0.1, 0.15) is 72.8 Å². The summed E-state index contributed by atoms with van der Waals surface area (Å²) in [4.78, 5) is 30.9. The Labute approximate surface area is 199 Å². The van der Waals surface area contributed by atoms with E-state index in [-0.39, 0.29) is 24.0 Å². The summed E-state index contributed by atoms with van der Waals surface area (Å²) in [5, 5.41) is 7.54. The Hall–Kier alpha value is -3.48. The molecule has 1 aliphatic carbocycles. The highest BCUT2D eigenvalue weighted by molar-refractivity contribution is 6.04. The molecule has 0 bridgehead atoms. The molecular weight excluding hydrogens is 428 g/mol. The van der Waals surface area contributed by atoms with E-state index in [1.165, 1.54) is 0 Å². The zero-order valence-electron chi connectivity index (χ0n) is 19.9. The molecule has 0 saturated heterocycles. The number of nitrogens with two attached hydrogens (primary N) is 1. The smallest absolute Gasteiger partial charge is 0.306 e. The van der Waals surface area contributed by atoms with Crippen molar-refractivity contribution in [3.05, 3.63) is 65.0 Å². The van der Waals surface area contributed by atoms with E-state index in [4.69, 9.17) is 20.9 Å². The standard InChI is InChI=1S/C27H32N4O3/c1-3-34-24(32)17-27(13-5-4-6-14-27)25(33)20-11-12-22-21(16-20)30-23(31(22)2)15-18-7-9-19(10-8-18)26(28)29/h7-12,16H,3-6,13-15,17H2,1-2H3,(H3,28,29). The van der Waals surface area contributed by atoms with Crippen LogP contribution >= 0.6 is 0 Å². The van der Waals surface area contributed by atoms with E-state index in [0.717, 1.165) is 41.7 Å². The molecule has 178 valence electrons. The molecule has 3 N–H and O–H groups in total. The maximum atomic E-state index is 13.7. The van der Waals surface area contributed by atoms with E-state index in [0.29, 0.717) is 37.0 Å². The van der Waals surface area contributed by atoms with Crippen molar-refractivity contribution in [3.8, 4) is 0 Å². The number of esters is 1. The van der Waals surface area contributed by atoms with Crippen molar-refractivity contribution in [2.75, 3.05) is 6.61 Å². The van der Waals surface area contributed by atoms with Crippen LogP contribution < -0.4 is 5.73 Å². The second kappa shape index (κ2) is 9.79. The predicted molar refractivity (Wildman–Crippen MR) is 132 cm³/mol. The molecule has 34 heavy (non-hydrogen) atoms. The monoisotopic (exact) mass is 460 g/mol. The molecule has 1 saturated carbocycles. The van der Waals surface area contributed by atoms with E-state index in [9.17, 15) is 9.59 Å². The number of benzene rings is 2. The summed E-state index contributed by atoms with van der Waals surface area (Å²) in [7, 11) is 1.97. The minimum Gasteiger partial charge on any atom is -0.466 e. The van der Waals surface area contributed by atoms with Crippen LogP contribution in [0.5, 0.6) is 0 Å². The van der Waals surface area contributed by atoms with Gasteiger partial charge in [-0.2, -0.15) is 0 Å². The Morgan fingerprint density at radius 1 is 1.09 bits per heavy atom. The first-order valence-corrected chi connectivity index (χ1v) is 11.9. The maximum absolute atomic E-state index is 13.7. The van der Waals surface area contributed by atoms with Crippen LogP contribution in [0.25, 0.3) is 11.0 Å². The van der Waals surface area contributed by atoms with Crippen molar-refractivity contribution in [3.63, 3.8) is 0 Å². The number of aryl methyl sites for hydroxylation is 1. The zero-order valence-corrected chi connectivity index (χ0v) is 19.9. The third-order valence-corrected chi connectivity index (χ3v) is 6.94. The maximum Gasteiger partial charge on any atom is 0.306 e. The zero-order chi connectivity index (χ0) is 24.3. The van der Waals surface area contributed by atoms with Gasteiger partial charge in [0, 0.05) is 30.0 Å². The average molecular weight is 461 g/mol. The lowest BCUT2D eigenvalue weighted by Crippen LogP contribution is -2.36. The number of rotatable bonds is 8. The minimum atomic E-state index is -0.686. The number of amidine groups is 1. The van der Waals surface area contributed by atoms with E-state index in [1.54, 1.807) is 6.92 Å². The molecule has 2 aromatic carbocycles. The normalized spacial score (nSPS) is 15.2. The summed E-state index contributed by atoms with van der Waals surface area (Å²) in [6.45, 7) is 2.11. The van der Waals surface area contributed by atoms with Crippen LogP contribution in [-0.2, 0) is 23.0 Å². The summed E-state index contributed by atoms with van der Waals surface area (Å²) >= 11 is 0. The van der Waals surface area contributed by atoms with Gasteiger partial charge < -0.3 is 15.0 Å². The predicted octanol–water partition coefficient (Wildman–Crippen LogP) is 4.53. The lowest BCUT2D eigenvalue weighted by atomic mass is 9.67. The fraction of sp³-hybridized carbons (Fsp3) is 0.407. The number of hydrogen-bond acceptors (Lipinski definition) is 5. The number of imidazole rings is 1. The number of nitrogen functional groups attached to an aromatic ring is 1. The highest BCUT2D eigenvalue weighted by atomic mass is 16.5. The van der Waals surface area contributed by atoms with Gasteiger partial charge in [-0.05, 0) is 43.5 Å². The Kier molecular flexibility index (Phi) is 6.82. The molecule has 1 heterocycles. The van der Waals surface area contributed by atoms with Crippen LogP contribution in [-0.4, -0.2) is 33.7 Å². The largest absolute Gasteiger partial charge is 0.466 e. The third-order valence-electron chi connectivity index (χ3n) is 6.94. The van der Waals surface area contributed by atoms with Gasteiger partial charge in [-0.25, -0.2) is 4.98 Å². The average Bonchev–Trinajstić information content (AvgIpc) is 3.14. The van der Waals surface area contributed by atoms with Crippen molar-refractivity contribution >= 4 is 28.6 Å². The number of ether oxygens (including phenoxy) is 1. The molecule has 4 rings (SSSR count). The lowest BCUT2D eigenvalue weighted by Gasteiger charge is -2.35. The summed E-state index contributed by atoms with van der Waals surface area (Å²) in [5.41, 5.74) is 8.95. The van der Waals surface area contributed by atoms with Gasteiger partial charge in [-0.15, -0.1) is 0 Å². The Morgan fingerprint density at radius 3 is 2.41 bits per heavy atom. The Bertz CT molecular complexity index is 1220. The van der Waals surface area contributed by atoms with Gasteiger partial charge in [0.2, 0.25) is 0 Å². The molecule has 1 aromatic heterocycles. The first kappa shape index (κ1) is 23.7. The second-order valence-corrected chi connectivity index (χ2v) is 9.23. The number of hydrogen-bond donors (Lipinski definition) is 2. The summed E-state index contributed by atoms with van der Waals surface area (Å²) in [6, 6.07) is 13.2. The van der Waals surface area contributed by atoms with E-state index in [1.807, 2.05) is 54.1 Å². The van der Waals surface area contributed by atoms with Gasteiger partial charge in [0.05, 0.1) is 24.1 Å². The fourth-order valence-corrected chi connectivity index (χ4v) is 5.04. The number of nitrogens with one attached hydrogen (secondary N) is 1. The number of carbonyl (C=O) groups is 2. The van der Waals surface area contributed by atoms with Crippen molar-refractivity contribution in [1.82, 2.24) is 9.55 Å².